The Balaban J connectivity index is 2.31. The molecule has 6 heteroatoms. The van der Waals surface area contributed by atoms with Gasteiger partial charge in [-0.2, -0.15) is 0 Å². The first-order valence-electron chi connectivity index (χ1n) is 4.69. The Morgan fingerprint density at radius 1 is 1.24 bits per heavy atom. The monoisotopic (exact) mass is 359 g/mol. The van der Waals surface area contributed by atoms with E-state index in [1.165, 1.54) is 12.1 Å². The molecule has 0 aliphatic carbocycles. The zero-order valence-corrected chi connectivity index (χ0v) is 11.7. The maximum Gasteiger partial charge on any atom is 0.153 e. The van der Waals surface area contributed by atoms with Crippen molar-refractivity contribution < 1.29 is 4.39 Å². The summed E-state index contributed by atoms with van der Waals surface area (Å²) in [6.07, 6.45) is 1.64. The largest absolute Gasteiger partial charge is 0.396 e. The Morgan fingerprint density at radius 3 is 2.65 bits per heavy atom. The van der Waals surface area contributed by atoms with Crippen LogP contribution in [0.1, 0.15) is 0 Å². The lowest BCUT2D eigenvalue weighted by molar-refractivity contribution is 0.627. The van der Waals surface area contributed by atoms with E-state index in [-0.39, 0.29) is 5.82 Å². The van der Waals surface area contributed by atoms with Crippen LogP contribution in [0.2, 0.25) is 0 Å². The number of nitrogens with zero attached hydrogens (tertiary/aromatic N) is 1. The molecule has 0 saturated heterocycles. The molecule has 3 N–H and O–H groups in total. The summed E-state index contributed by atoms with van der Waals surface area (Å²) in [5.41, 5.74) is 7.02. The normalized spacial score (nSPS) is 10.3. The number of nitrogens with one attached hydrogen (secondary N) is 1. The molecule has 3 nitrogen and oxygen atoms in total. The Labute approximate surface area is 114 Å². The average Bonchev–Trinajstić information content (AvgIpc) is 2.25. The zero-order valence-electron chi connectivity index (χ0n) is 8.55. The number of pyridine rings is 1. The van der Waals surface area contributed by atoms with Gasteiger partial charge in [-0.1, -0.05) is 0 Å². The molecule has 0 atom stereocenters. The maximum atomic E-state index is 12.9. The van der Waals surface area contributed by atoms with Crippen LogP contribution in [0.3, 0.4) is 0 Å². The second kappa shape index (κ2) is 5.01. The second-order valence-corrected chi connectivity index (χ2v) is 5.11. The van der Waals surface area contributed by atoms with Gasteiger partial charge in [0.1, 0.15) is 5.82 Å². The highest BCUT2D eigenvalue weighted by molar-refractivity contribution is 9.10. The maximum absolute atomic E-state index is 12.9. The van der Waals surface area contributed by atoms with Crippen LogP contribution < -0.4 is 11.1 Å². The van der Waals surface area contributed by atoms with Gasteiger partial charge in [-0.25, -0.2) is 9.37 Å². The van der Waals surface area contributed by atoms with Crippen molar-refractivity contribution in [3.63, 3.8) is 0 Å². The number of hydrogen-bond acceptors (Lipinski definition) is 3. The van der Waals surface area contributed by atoms with Crippen molar-refractivity contribution in [2.75, 3.05) is 11.1 Å². The van der Waals surface area contributed by atoms with Crippen LogP contribution in [0.5, 0.6) is 0 Å². The van der Waals surface area contributed by atoms with Crippen LogP contribution in [-0.4, -0.2) is 4.98 Å². The SMILES string of the molecule is Nc1cc(Br)cnc1Nc1ccc(F)cc1Br. The smallest absolute Gasteiger partial charge is 0.153 e. The van der Waals surface area contributed by atoms with E-state index in [1.807, 2.05) is 0 Å². The summed E-state index contributed by atoms with van der Waals surface area (Å²) < 4.78 is 14.3. The molecule has 0 aliphatic rings. The molecule has 0 fully saturated rings. The van der Waals surface area contributed by atoms with Gasteiger partial charge in [0.05, 0.1) is 11.4 Å². The molecular formula is C11H8Br2FN3. The number of anilines is 3. The third-order valence-corrected chi connectivity index (χ3v) is 3.16. The van der Waals surface area contributed by atoms with Crippen molar-refractivity contribution in [3.05, 3.63) is 45.2 Å². The second-order valence-electron chi connectivity index (χ2n) is 3.34. The standard InChI is InChI=1S/C11H8Br2FN3/c12-6-3-9(15)11(16-5-6)17-10-2-1-7(14)4-8(10)13/h1-5H,15H2,(H,16,17). The molecule has 0 aliphatic heterocycles. The summed E-state index contributed by atoms with van der Waals surface area (Å²) >= 11 is 6.54. The fourth-order valence-electron chi connectivity index (χ4n) is 1.28. The van der Waals surface area contributed by atoms with Gasteiger partial charge in [-0.3, -0.25) is 0 Å². The number of nitrogens with two attached hydrogens (primary N) is 1. The van der Waals surface area contributed by atoms with Crippen LogP contribution in [-0.2, 0) is 0 Å². The highest BCUT2D eigenvalue weighted by atomic mass is 79.9. The lowest BCUT2D eigenvalue weighted by Crippen LogP contribution is -1.99. The molecule has 1 aromatic carbocycles. The Morgan fingerprint density at radius 2 is 2.00 bits per heavy atom. The number of halogens is 3. The topological polar surface area (TPSA) is 50.9 Å². The van der Waals surface area contributed by atoms with Crippen LogP contribution in [0.4, 0.5) is 21.6 Å². The summed E-state index contributed by atoms with van der Waals surface area (Å²) in [5.74, 6) is 0.222. The van der Waals surface area contributed by atoms with Gasteiger partial charge in [0.25, 0.3) is 0 Å². The molecule has 0 unspecified atom stereocenters. The van der Waals surface area contributed by atoms with E-state index in [0.29, 0.717) is 21.7 Å². The molecule has 0 radical (unpaired) electrons. The van der Waals surface area contributed by atoms with E-state index >= 15 is 0 Å². The van der Waals surface area contributed by atoms with E-state index in [0.717, 1.165) is 4.47 Å². The van der Waals surface area contributed by atoms with Gasteiger partial charge in [-0.05, 0) is 56.1 Å². The third kappa shape index (κ3) is 2.95. The minimum absolute atomic E-state index is 0.306. The first kappa shape index (κ1) is 12.3. The van der Waals surface area contributed by atoms with Crippen molar-refractivity contribution in [2.24, 2.45) is 0 Å². The van der Waals surface area contributed by atoms with Crippen molar-refractivity contribution >= 4 is 49.1 Å². The van der Waals surface area contributed by atoms with Gasteiger partial charge >= 0.3 is 0 Å². The average molecular weight is 361 g/mol. The molecular weight excluding hydrogens is 353 g/mol. The quantitative estimate of drug-likeness (QED) is 0.848. The van der Waals surface area contributed by atoms with Crippen LogP contribution in [0, 0.1) is 5.82 Å². The van der Waals surface area contributed by atoms with Gasteiger partial charge < -0.3 is 11.1 Å². The Hall–Kier alpha value is -1.14. The van der Waals surface area contributed by atoms with Crippen LogP contribution in [0.15, 0.2) is 39.4 Å². The highest BCUT2D eigenvalue weighted by Crippen LogP contribution is 2.28. The fraction of sp³-hybridized carbons (Fsp3) is 0. The first-order chi connectivity index (χ1) is 8.06. The minimum atomic E-state index is -0.306. The summed E-state index contributed by atoms with van der Waals surface area (Å²) in [4.78, 5) is 4.14. The van der Waals surface area contributed by atoms with Gasteiger partial charge in [0.2, 0.25) is 0 Å². The van der Waals surface area contributed by atoms with Gasteiger partial charge in [-0.15, -0.1) is 0 Å². The molecule has 1 heterocycles. The molecule has 0 bridgehead atoms. The van der Waals surface area contributed by atoms with E-state index in [9.17, 15) is 4.39 Å². The van der Waals surface area contributed by atoms with Crippen LogP contribution in [0.25, 0.3) is 0 Å². The molecule has 0 spiro atoms. The predicted octanol–water partition coefficient (Wildman–Crippen LogP) is 4.07. The molecule has 2 aromatic rings. The van der Waals surface area contributed by atoms with Crippen molar-refractivity contribution in [2.45, 2.75) is 0 Å². The minimum Gasteiger partial charge on any atom is -0.396 e. The fourth-order valence-corrected chi connectivity index (χ4v) is 2.08. The Bertz CT molecular complexity index is 511. The van der Waals surface area contributed by atoms with Crippen molar-refractivity contribution in [1.29, 1.82) is 0 Å². The Kier molecular flexibility index (Phi) is 3.63. The number of aromatic nitrogens is 1. The number of rotatable bonds is 2. The van der Waals surface area contributed by atoms with Crippen LogP contribution >= 0.6 is 31.9 Å². The van der Waals surface area contributed by atoms with Gasteiger partial charge in [0, 0.05) is 15.1 Å². The molecule has 88 valence electrons. The van der Waals surface area contributed by atoms with Gasteiger partial charge in [0.15, 0.2) is 5.82 Å². The van der Waals surface area contributed by atoms with E-state index < -0.39 is 0 Å². The molecule has 0 amide bonds. The lowest BCUT2D eigenvalue weighted by atomic mass is 10.3. The number of benzene rings is 1. The zero-order chi connectivity index (χ0) is 12.4. The van der Waals surface area contributed by atoms with E-state index in [2.05, 4.69) is 42.2 Å². The third-order valence-electron chi connectivity index (χ3n) is 2.07. The molecule has 0 saturated carbocycles. The van der Waals surface area contributed by atoms with Crippen molar-refractivity contribution in [1.82, 2.24) is 4.98 Å². The number of hydrogen-bond donors (Lipinski definition) is 2. The first-order valence-corrected chi connectivity index (χ1v) is 6.28. The summed E-state index contributed by atoms with van der Waals surface area (Å²) in [5, 5.41) is 3.02. The summed E-state index contributed by atoms with van der Waals surface area (Å²) in [6.45, 7) is 0. The number of nitrogen functional groups attached to an aromatic ring is 1. The lowest BCUT2D eigenvalue weighted by Gasteiger charge is -2.10. The van der Waals surface area contributed by atoms with E-state index in [1.54, 1.807) is 18.3 Å². The summed E-state index contributed by atoms with van der Waals surface area (Å²) in [6, 6.07) is 6.09. The van der Waals surface area contributed by atoms with Crippen molar-refractivity contribution in [3.8, 4) is 0 Å². The molecule has 17 heavy (non-hydrogen) atoms. The summed E-state index contributed by atoms with van der Waals surface area (Å²) in [7, 11) is 0. The molecule has 1 aromatic heterocycles. The predicted molar refractivity (Wildman–Crippen MR) is 73.7 cm³/mol. The van der Waals surface area contributed by atoms with E-state index in [4.69, 9.17) is 5.73 Å². The highest BCUT2D eigenvalue weighted by Gasteiger charge is 2.05. The molecule has 2 rings (SSSR count).